The first-order chi connectivity index (χ1) is 14.0. The molecule has 2 heterocycles. The van der Waals surface area contributed by atoms with Gasteiger partial charge in [0, 0.05) is 32.7 Å². The Kier molecular flexibility index (Phi) is 6.16. The molecule has 0 bridgehead atoms. The van der Waals surface area contributed by atoms with Gasteiger partial charge < -0.3 is 10.2 Å². The van der Waals surface area contributed by atoms with Crippen molar-refractivity contribution in [1.29, 1.82) is 0 Å². The van der Waals surface area contributed by atoms with Gasteiger partial charge in [0.1, 0.15) is 0 Å². The van der Waals surface area contributed by atoms with E-state index in [1.165, 1.54) is 32.1 Å². The zero-order valence-electron chi connectivity index (χ0n) is 17.6. The first kappa shape index (κ1) is 20.7. The fourth-order valence-corrected chi connectivity index (χ4v) is 6.60. The predicted molar refractivity (Wildman–Crippen MR) is 116 cm³/mol. The SMILES string of the molecule is CCNC(=NCc1ccc(S(=O)(=O)N2CCCC2)cc1)N1CCC2(CCCC2)C1. The van der Waals surface area contributed by atoms with Crippen LogP contribution in [0.2, 0.25) is 0 Å². The Morgan fingerprint density at radius 3 is 2.38 bits per heavy atom. The normalized spacial score (nSPS) is 22.7. The maximum Gasteiger partial charge on any atom is 0.243 e. The van der Waals surface area contributed by atoms with Gasteiger partial charge in [0.2, 0.25) is 10.0 Å². The fourth-order valence-electron chi connectivity index (χ4n) is 5.09. The lowest BCUT2D eigenvalue weighted by atomic mass is 9.86. The van der Waals surface area contributed by atoms with E-state index in [-0.39, 0.29) is 0 Å². The summed E-state index contributed by atoms with van der Waals surface area (Å²) in [6, 6.07) is 7.26. The van der Waals surface area contributed by atoms with Crippen molar-refractivity contribution in [2.24, 2.45) is 10.4 Å². The van der Waals surface area contributed by atoms with E-state index >= 15 is 0 Å². The number of hydrogen-bond donors (Lipinski definition) is 1. The number of rotatable bonds is 5. The van der Waals surface area contributed by atoms with E-state index in [1.807, 2.05) is 12.1 Å². The smallest absolute Gasteiger partial charge is 0.243 e. The maximum absolute atomic E-state index is 12.7. The lowest BCUT2D eigenvalue weighted by molar-refractivity contribution is 0.309. The number of sulfonamides is 1. The predicted octanol–water partition coefficient (Wildman–Crippen LogP) is 3.20. The lowest BCUT2D eigenvalue weighted by Gasteiger charge is -2.26. The van der Waals surface area contributed by atoms with Gasteiger partial charge in [-0.15, -0.1) is 0 Å². The van der Waals surface area contributed by atoms with Gasteiger partial charge in [-0.05, 0) is 62.1 Å². The molecule has 1 aliphatic carbocycles. The number of aliphatic imine (C=N–C) groups is 1. The molecule has 1 spiro atoms. The Balaban J connectivity index is 1.42. The van der Waals surface area contributed by atoms with Crippen LogP contribution in [0, 0.1) is 5.41 Å². The molecule has 6 nitrogen and oxygen atoms in total. The molecule has 1 aromatic rings. The second-order valence-electron chi connectivity index (χ2n) is 8.80. The molecular weight excluding hydrogens is 384 g/mol. The van der Waals surface area contributed by atoms with E-state index in [1.54, 1.807) is 16.4 Å². The summed E-state index contributed by atoms with van der Waals surface area (Å²) in [6.45, 7) is 7.00. The van der Waals surface area contributed by atoms with Crippen LogP contribution in [0.25, 0.3) is 0 Å². The number of nitrogens with zero attached hydrogens (tertiary/aromatic N) is 3. The largest absolute Gasteiger partial charge is 0.357 e. The zero-order valence-corrected chi connectivity index (χ0v) is 18.4. The van der Waals surface area contributed by atoms with E-state index in [9.17, 15) is 8.42 Å². The van der Waals surface area contributed by atoms with Gasteiger partial charge in [0.05, 0.1) is 11.4 Å². The third kappa shape index (κ3) is 4.45. The topological polar surface area (TPSA) is 65.0 Å². The standard InChI is InChI=1S/C22H34N4O2S/c1-2-23-21(25-16-13-22(18-25)11-3-4-12-22)24-17-19-7-9-20(10-8-19)29(27,28)26-14-5-6-15-26/h7-10H,2-6,11-18H2,1H3,(H,23,24). The van der Waals surface area contributed by atoms with Crippen LogP contribution >= 0.6 is 0 Å². The minimum Gasteiger partial charge on any atom is -0.357 e. The summed E-state index contributed by atoms with van der Waals surface area (Å²) in [5, 5.41) is 3.45. The summed E-state index contributed by atoms with van der Waals surface area (Å²) in [4.78, 5) is 7.67. The number of guanidine groups is 1. The number of benzene rings is 1. The van der Waals surface area contributed by atoms with Crippen LogP contribution in [-0.2, 0) is 16.6 Å². The molecule has 4 rings (SSSR count). The molecule has 3 fully saturated rings. The highest BCUT2D eigenvalue weighted by Crippen LogP contribution is 2.45. The van der Waals surface area contributed by atoms with Crippen molar-refractivity contribution in [3.05, 3.63) is 29.8 Å². The minimum atomic E-state index is -3.34. The van der Waals surface area contributed by atoms with Crippen molar-refractivity contribution < 1.29 is 8.42 Å². The third-order valence-corrected chi connectivity index (χ3v) is 8.69. The van der Waals surface area contributed by atoms with Crippen molar-refractivity contribution in [3.8, 4) is 0 Å². The Morgan fingerprint density at radius 1 is 1.03 bits per heavy atom. The molecule has 1 aromatic carbocycles. The van der Waals surface area contributed by atoms with E-state index < -0.39 is 10.0 Å². The van der Waals surface area contributed by atoms with Gasteiger partial charge in [0.15, 0.2) is 5.96 Å². The lowest BCUT2D eigenvalue weighted by Crippen LogP contribution is -2.41. The third-order valence-electron chi connectivity index (χ3n) is 6.77. The monoisotopic (exact) mass is 418 g/mol. The Labute approximate surface area is 175 Å². The first-order valence-electron chi connectivity index (χ1n) is 11.1. The molecule has 0 aromatic heterocycles. The zero-order chi connectivity index (χ0) is 20.3. The van der Waals surface area contributed by atoms with Gasteiger partial charge in [-0.3, -0.25) is 0 Å². The van der Waals surface area contributed by atoms with Gasteiger partial charge in [0.25, 0.3) is 0 Å². The number of nitrogens with one attached hydrogen (secondary N) is 1. The molecule has 1 N–H and O–H groups in total. The number of hydrogen-bond acceptors (Lipinski definition) is 3. The summed E-state index contributed by atoms with van der Waals surface area (Å²) in [5.41, 5.74) is 1.55. The van der Waals surface area contributed by atoms with Crippen LogP contribution < -0.4 is 5.32 Å². The molecule has 0 amide bonds. The van der Waals surface area contributed by atoms with Crippen molar-refractivity contribution in [1.82, 2.24) is 14.5 Å². The maximum atomic E-state index is 12.7. The van der Waals surface area contributed by atoms with E-state index in [0.29, 0.717) is 29.9 Å². The van der Waals surface area contributed by atoms with Crippen molar-refractivity contribution in [3.63, 3.8) is 0 Å². The van der Waals surface area contributed by atoms with Crippen molar-refractivity contribution in [2.75, 3.05) is 32.7 Å². The van der Waals surface area contributed by atoms with Gasteiger partial charge in [-0.1, -0.05) is 25.0 Å². The number of likely N-dealkylation sites (tertiary alicyclic amines) is 1. The highest BCUT2D eigenvalue weighted by molar-refractivity contribution is 7.89. The summed E-state index contributed by atoms with van der Waals surface area (Å²) >= 11 is 0. The summed E-state index contributed by atoms with van der Waals surface area (Å²) in [7, 11) is -3.34. The average molecular weight is 419 g/mol. The second kappa shape index (κ2) is 8.64. The summed E-state index contributed by atoms with van der Waals surface area (Å²) in [5.74, 6) is 0.991. The molecule has 29 heavy (non-hydrogen) atoms. The molecule has 7 heteroatoms. The van der Waals surface area contributed by atoms with Gasteiger partial charge in [-0.2, -0.15) is 4.31 Å². The first-order valence-corrected chi connectivity index (χ1v) is 12.6. The Morgan fingerprint density at radius 2 is 1.72 bits per heavy atom. The van der Waals surface area contributed by atoms with Crippen LogP contribution in [0.4, 0.5) is 0 Å². The molecule has 160 valence electrons. The average Bonchev–Trinajstić information content (AvgIpc) is 3.49. The minimum absolute atomic E-state index is 0.391. The fraction of sp³-hybridized carbons (Fsp3) is 0.682. The highest BCUT2D eigenvalue weighted by atomic mass is 32.2. The molecule has 3 aliphatic rings. The molecule has 0 radical (unpaired) electrons. The van der Waals surface area contributed by atoms with Crippen LogP contribution in [0.5, 0.6) is 0 Å². The highest BCUT2D eigenvalue weighted by Gasteiger charge is 2.41. The van der Waals surface area contributed by atoms with Crippen LogP contribution in [0.15, 0.2) is 34.2 Å². The molecule has 0 unspecified atom stereocenters. The van der Waals surface area contributed by atoms with E-state index in [2.05, 4.69) is 17.1 Å². The summed E-state index contributed by atoms with van der Waals surface area (Å²) in [6.07, 6.45) is 8.64. The second-order valence-corrected chi connectivity index (χ2v) is 10.7. The Hall–Kier alpha value is -1.60. The van der Waals surface area contributed by atoms with E-state index in [4.69, 9.17) is 4.99 Å². The van der Waals surface area contributed by atoms with Crippen LogP contribution in [0.1, 0.15) is 57.4 Å². The van der Waals surface area contributed by atoms with Gasteiger partial charge in [-0.25, -0.2) is 13.4 Å². The Bertz CT molecular complexity index is 823. The van der Waals surface area contributed by atoms with E-state index in [0.717, 1.165) is 44.0 Å². The summed E-state index contributed by atoms with van der Waals surface area (Å²) < 4.78 is 26.9. The molecule has 1 saturated carbocycles. The van der Waals surface area contributed by atoms with Crippen molar-refractivity contribution in [2.45, 2.75) is 63.3 Å². The molecule has 0 atom stereocenters. The van der Waals surface area contributed by atoms with Gasteiger partial charge >= 0.3 is 0 Å². The molecule has 2 saturated heterocycles. The van der Waals surface area contributed by atoms with Crippen molar-refractivity contribution >= 4 is 16.0 Å². The molecule has 2 aliphatic heterocycles. The van der Waals surface area contributed by atoms with Crippen LogP contribution in [0.3, 0.4) is 0 Å². The van der Waals surface area contributed by atoms with Crippen LogP contribution in [-0.4, -0.2) is 56.3 Å². The molecular formula is C22H34N4O2S. The quantitative estimate of drug-likeness (QED) is 0.589.